The lowest BCUT2D eigenvalue weighted by Crippen LogP contribution is -2.44. The van der Waals surface area contributed by atoms with E-state index in [9.17, 15) is 9.90 Å². The standard InChI is InChI=1S/C23H27N7O4/c1-33-17-5-3-2-4-15(17)19-18-13(11-26-14-6-8-30(9-7-14)23(31)32)10-25-12-16(18)27-20(19)21-22(24)29-34-28-21/h2-5,10,12,14,19-20,26-27H,6-9,11H2,1H3,(H2,24,29)(H,31,32). The number of aromatic nitrogens is 3. The van der Waals surface area contributed by atoms with Crippen LogP contribution in [0.1, 0.15) is 47.2 Å². The molecular weight excluding hydrogens is 438 g/mol. The van der Waals surface area contributed by atoms with Gasteiger partial charge in [0.25, 0.3) is 0 Å². The molecule has 2 unspecified atom stereocenters. The Bertz CT molecular complexity index is 1180. The maximum atomic E-state index is 11.2. The van der Waals surface area contributed by atoms with Crippen molar-refractivity contribution in [3.63, 3.8) is 0 Å². The van der Waals surface area contributed by atoms with Crippen molar-refractivity contribution in [1.29, 1.82) is 0 Å². The first-order valence-electron chi connectivity index (χ1n) is 11.2. The molecule has 1 amide bonds. The summed E-state index contributed by atoms with van der Waals surface area (Å²) in [5.74, 6) is 0.843. The van der Waals surface area contributed by atoms with Gasteiger partial charge in [0.15, 0.2) is 11.5 Å². The fourth-order valence-electron chi connectivity index (χ4n) is 4.99. The fourth-order valence-corrected chi connectivity index (χ4v) is 4.99. The Morgan fingerprint density at radius 1 is 1.29 bits per heavy atom. The number of nitrogens with one attached hydrogen (secondary N) is 2. The van der Waals surface area contributed by atoms with Crippen LogP contribution in [0, 0.1) is 0 Å². The molecule has 5 rings (SSSR count). The number of nitrogen functional groups attached to an aromatic ring is 1. The van der Waals surface area contributed by atoms with Gasteiger partial charge < -0.3 is 31.1 Å². The van der Waals surface area contributed by atoms with E-state index < -0.39 is 6.09 Å². The summed E-state index contributed by atoms with van der Waals surface area (Å²) in [6.45, 7) is 1.66. The van der Waals surface area contributed by atoms with Gasteiger partial charge in [-0.2, -0.15) is 0 Å². The van der Waals surface area contributed by atoms with Crippen LogP contribution in [-0.2, 0) is 6.54 Å². The monoisotopic (exact) mass is 465 g/mol. The summed E-state index contributed by atoms with van der Waals surface area (Å²) in [5, 5.41) is 24.2. The van der Waals surface area contributed by atoms with Crippen LogP contribution < -0.4 is 21.1 Å². The number of pyridine rings is 1. The normalized spacial score (nSPS) is 20.1. The van der Waals surface area contributed by atoms with E-state index in [1.54, 1.807) is 13.3 Å². The van der Waals surface area contributed by atoms with E-state index in [4.69, 9.17) is 15.1 Å². The number of hydrogen-bond donors (Lipinski definition) is 4. The highest BCUT2D eigenvalue weighted by Crippen LogP contribution is 2.51. The van der Waals surface area contributed by atoms with Gasteiger partial charge in [-0.1, -0.05) is 23.4 Å². The van der Waals surface area contributed by atoms with Gasteiger partial charge in [-0.05, 0) is 35.2 Å². The number of amides is 1. The Kier molecular flexibility index (Phi) is 5.93. The number of rotatable bonds is 6. The van der Waals surface area contributed by atoms with Crippen LogP contribution in [-0.4, -0.2) is 57.6 Å². The number of nitrogens with zero attached hydrogens (tertiary/aromatic N) is 4. The molecule has 0 spiro atoms. The van der Waals surface area contributed by atoms with Crippen LogP contribution in [0.5, 0.6) is 5.75 Å². The summed E-state index contributed by atoms with van der Waals surface area (Å²) in [4.78, 5) is 17.1. The highest BCUT2D eigenvalue weighted by atomic mass is 16.6. The number of nitrogens with two attached hydrogens (primary N) is 1. The van der Waals surface area contributed by atoms with Crippen molar-refractivity contribution in [3.05, 3.63) is 59.0 Å². The number of carbonyl (C=O) groups is 1. The zero-order chi connectivity index (χ0) is 23.7. The second kappa shape index (κ2) is 9.18. The largest absolute Gasteiger partial charge is 0.496 e. The molecule has 2 atom stereocenters. The van der Waals surface area contributed by atoms with Gasteiger partial charge in [0, 0.05) is 43.4 Å². The summed E-state index contributed by atoms with van der Waals surface area (Å²) in [6, 6.07) is 7.81. The minimum atomic E-state index is -0.859. The number of fused-ring (bicyclic) bond motifs is 1. The average molecular weight is 466 g/mol. The van der Waals surface area contributed by atoms with Gasteiger partial charge in [0.05, 0.1) is 25.0 Å². The SMILES string of the molecule is COc1ccccc1C1c2c(CNC3CCN(C(=O)O)CC3)cncc2NC1c1nonc1N. The quantitative estimate of drug-likeness (QED) is 0.427. The number of ether oxygens (including phenoxy) is 1. The first-order valence-corrected chi connectivity index (χ1v) is 11.2. The Morgan fingerprint density at radius 3 is 2.79 bits per heavy atom. The summed E-state index contributed by atoms with van der Waals surface area (Å²) in [5.41, 5.74) is 10.6. The molecule has 1 aromatic carbocycles. The molecule has 5 N–H and O–H groups in total. The van der Waals surface area contributed by atoms with Crippen molar-refractivity contribution in [1.82, 2.24) is 25.5 Å². The van der Waals surface area contributed by atoms with E-state index in [0.29, 0.717) is 25.3 Å². The number of anilines is 2. The predicted octanol–water partition coefficient (Wildman–Crippen LogP) is 2.59. The number of likely N-dealkylation sites (tertiary alicyclic amines) is 1. The average Bonchev–Trinajstić information content (AvgIpc) is 3.46. The molecule has 3 aromatic rings. The molecule has 1 fully saturated rings. The topological polar surface area (TPSA) is 152 Å². The lowest BCUT2D eigenvalue weighted by molar-refractivity contribution is 0.129. The van der Waals surface area contributed by atoms with E-state index >= 15 is 0 Å². The van der Waals surface area contributed by atoms with Gasteiger partial charge in [0.2, 0.25) is 0 Å². The first-order chi connectivity index (χ1) is 16.6. The van der Waals surface area contributed by atoms with Gasteiger partial charge in [-0.25, -0.2) is 9.42 Å². The van der Waals surface area contributed by atoms with E-state index in [2.05, 4.69) is 25.9 Å². The molecule has 0 bridgehead atoms. The van der Waals surface area contributed by atoms with Gasteiger partial charge in [-0.15, -0.1) is 0 Å². The molecule has 2 aliphatic heterocycles. The van der Waals surface area contributed by atoms with Crippen molar-refractivity contribution in [2.24, 2.45) is 0 Å². The smallest absolute Gasteiger partial charge is 0.407 e. The molecule has 11 nitrogen and oxygen atoms in total. The Labute approximate surface area is 196 Å². The number of carboxylic acid groups (broad SMARTS) is 1. The molecule has 0 saturated carbocycles. The molecular formula is C23H27N7O4. The number of benzene rings is 1. The van der Waals surface area contributed by atoms with Gasteiger partial charge >= 0.3 is 6.09 Å². The predicted molar refractivity (Wildman–Crippen MR) is 124 cm³/mol. The maximum absolute atomic E-state index is 11.2. The van der Waals surface area contributed by atoms with Crippen molar-refractivity contribution >= 4 is 17.6 Å². The summed E-state index contributed by atoms with van der Waals surface area (Å²) < 4.78 is 10.6. The van der Waals surface area contributed by atoms with Crippen LogP contribution in [0.4, 0.5) is 16.3 Å². The Balaban J connectivity index is 1.46. The minimum Gasteiger partial charge on any atom is -0.496 e. The van der Waals surface area contributed by atoms with E-state index in [0.717, 1.165) is 41.0 Å². The van der Waals surface area contributed by atoms with Crippen molar-refractivity contribution < 1.29 is 19.3 Å². The number of hydrogen-bond acceptors (Lipinski definition) is 9. The van der Waals surface area contributed by atoms with E-state index in [1.807, 2.05) is 30.5 Å². The lowest BCUT2D eigenvalue weighted by Gasteiger charge is -2.31. The first kappa shape index (κ1) is 22.0. The van der Waals surface area contributed by atoms with Gasteiger partial charge in [-0.3, -0.25) is 4.98 Å². The number of piperidine rings is 1. The third-order valence-corrected chi connectivity index (χ3v) is 6.68. The third kappa shape index (κ3) is 3.98. The lowest BCUT2D eigenvalue weighted by atomic mass is 9.84. The van der Waals surface area contributed by atoms with Crippen LogP contribution in [0.15, 0.2) is 41.3 Å². The van der Waals surface area contributed by atoms with E-state index in [-0.39, 0.29) is 23.8 Å². The zero-order valence-corrected chi connectivity index (χ0v) is 18.8. The molecule has 0 aliphatic carbocycles. The summed E-state index contributed by atoms with van der Waals surface area (Å²) in [7, 11) is 1.65. The highest BCUT2D eigenvalue weighted by Gasteiger charge is 2.41. The highest BCUT2D eigenvalue weighted by molar-refractivity contribution is 5.67. The fraction of sp³-hybridized carbons (Fsp3) is 0.391. The van der Waals surface area contributed by atoms with Crippen molar-refractivity contribution in [3.8, 4) is 5.75 Å². The van der Waals surface area contributed by atoms with Crippen LogP contribution >= 0.6 is 0 Å². The third-order valence-electron chi connectivity index (χ3n) is 6.68. The Hall–Kier alpha value is -3.86. The minimum absolute atomic E-state index is 0.158. The molecule has 1 saturated heterocycles. The zero-order valence-electron chi connectivity index (χ0n) is 18.8. The second-order valence-corrected chi connectivity index (χ2v) is 8.56. The molecule has 0 radical (unpaired) electrons. The second-order valence-electron chi connectivity index (χ2n) is 8.56. The van der Waals surface area contributed by atoms with Crippen LogP contribution in [0.2, 0.25) is 0 Å². The summed E-state index contributed by atoms with van der Waals surface area (Å²) in [6.07, 6.45) is 4.35. The molecule has 2 aromatic heterocycles. The number of methoxy groups -OCH3 is 1. The van der Waals surface area contributed by atoms with Crippen LogP contribution in [0.3, 0.4) is 0 Å². The molecule has 178 valence electrons. The summed E-state index contributed by atoms with van der Waals surface area (Å²) >= 11 is 0. The van der Waals surface area contributed by atoms with Crippen LogP contribution in [0.25, 0.3) is 0 Å². The molecule has 11 heteroatoms. The van der Waals surface area contributed by atoms with Gasteiger partial charge in [0.1, 0.15) is 5.75 Å². The van der Waals surface area contributed by atoms with E-state index in [1.165, 1.54) is 4.90 Å². The molecule has 2 aliphatic rings. The number of para-hydroxylation sites is 1. The molecule has 34 heavy (non-hydrogen) atoms. The van der Waals surface area contributed by atoms with Crippen molar-refractivity contribution in [2.45, 2.75) is 37.4 Å². The Morgan fingerprint density at radius 2 is 2.09 bits per heavy atom. The molecule has 4 heterocycles. The maximum Gasteiger partial charge on any atom is 0.407 e. The van der Waals surface area contributed by atoms with Crippen molar-refractivity contribution in [2.75, 3.05) is 31.2 Å².